The largest absolute Gasteiger partial charge is 0.504 e. The number of aliphatic hydroxyl groups is 1. The molecule has 1 aromatic carbocycles. The molecule has 0 saturated carbocycles. The van der Waals surface area contributed by atoms with Crippen LogP contribution < -0.4 is 4.74 Å². The van der Waals surface area contributed by atoms with Crippen molar-refractivity contribution in [2.45, 2.75) is 6.42 Å². The quantitative estimate of drug-likeness (QED) is 0.408. The zero-order valence-corrected chi connectivity index (χ0v) is 13.7. The predicted molar refractivity (Wildman–Crippen MR) is 91.4 cm³/mol. The standard InChI is InChI=1S/C17H15N3O3S/c1-23-12-4-2-11(3-5-12)8-13-6-7-16(24-13)14(21)9-15(22)17-18-10-19-20-17/h2-7,9-10,22H,8H2,1H3,(H,18,19,20). The minimum atomic E-state index is -0.275. The summed E-state index contributed by atoms with van der Waals surface area (Å²) in [6, 6.07) is 11.5. The fourth-order valence-corrected chi connectivity index (χ4v) is 3.10. The van der Waals surface area contributed by atoms with E-state index >= 15 is 0 Å². The van der Waals surface area contributed by atoms with Crippen molar-refractivity contribution < 1.29 is 14.6 Å². The Balaban J connectivity index is 1.70. The molecule has 0 bridgehead atoms. The van der Waals surface area contributed by atoms with E-state index in [-0.39, 0.29) is 17.4 Å². The Morgan fingerprint density at radius 2 is 2.08 bits per heavy atom. The summed E-state index contributed by atoms with van der Waals surface area (Å²) >= 11 is 1.40. The Kier molecular flexibility index (Phi) is 4.72. The molecule has 3 rings (SSSR count). The van der Waals surface area contributed by atoms with Crippen LogP contribution in [0.1, 0.15) is 25.9 Å². The number of methoxy groups -OCH3 is 1. The Bertz CT molecular complexity index is 852. The van der Waals surface area contributed by atoms with Crippen LogP contribution in [0.25, 0.3) is 5.76 Å². The van der Waals surface area contributed by atoms with Crippen molar-refractivity contribution in [1.29, 1.82) is 0 Å². The molecule has 6 nitrogen and oxygen atoms in total. The van der Waals surface area contributed by atoms with Gasteiger partial charge < -0.3 is 9.84 Å². The molecular formula is C17H15N3O3S. The highest BCUT2D eigenvalue weighted by Crippen LogP contribution is 2.22. The summed E-state index contributed by atoms with van der Waals surface area (Å²) in [5.41, 5.74) is 1.13. The fraction of sp³-hybridized carbons (Fsp3) is 0.118. The van der Waals surface area contributed by atoms with Crippen LogP contribution in [-0.4, -0.2) is 33.2 Å². The lowest BCUT2D eigenvalue weighted by molar-refractivity contribution is 0.104. The number of thiophene rings is 1. The van der Waals surface area contributed by atoms with Gasteiger partial charge in [-0.25, -0.2) is 4.98 Å². The van der Waals surface area contributed by atoms with E-state index in [1.807, 2.05) is 30.3 Å². The number of benzene rings is 1. The lowest BCUT2D eigenvalue weighted by Gasteiger charge is -2.01. The van der Waals surface area contributed by atoms with Gasteiger partial charge in [-0.15, -0.1) is 11.3 Å². The predicted octanol–water partition coefficient (Wildman–Crippen LogP) is 3.25. The summed E-state index contributed by atoms with van der Waals surface area (Å²) in [5.74, 6) is 0.376. The molecule has 2 N–H and O–H groups in total. The fourth-order valence-electron chi connectivity index (χ4n) is 2.14. The number of hydrogen-bond donors (Lipinski definition) is 2. The molecule has 0 unspecified atom stereocenters. The Morgan fingerprint density at radius 1 is 1.29 bits per heavy atom. The van der Waals surface area contributed by atoms with Gasteiger partial charge in [0.2, 0.25) is 5.82 Å². The van der Waals surface area contributed by atoms with Crippen LogP contribution in [0.5, 0.6) is 5.75 Å². The van der Waals surface area contributed by atoms with Crippen molar-refractivity contribution >= 4 is 22.9 Å². The summed E-state index contributed by atoms with van der Waals surface area (Å²) in [7, 11) is 1.63. The Labute approximate surface area is 142 Å². The van der Waals surface area contributed by atoms with Gasteiger partial charge in [-0.3, -0.25) is 9.89 Å². The van der Waals surface area contributed by atoms with Crippen LogP contribution in [0.15, 0.2) is 48.8 Å². The van der Waals surface area contributed by atoms with E-state index < -0.39 is 0 Å². The van der Waals surface area contributed by atoms with Crippen LogP contribution in [-0.2, 0) is 6.42 Å². The van der Waals surface area contributed by atoms with E-state index in [2.05, 4.69) is 15.2 Å². The number of carbonyl (C=O) groups excluding carboxylic acids is 1. The monoisotopic (exact) mass is 341 g/mol. The first-order chi connectivity index (χ1) is 11.7. The normalized spacial score (nSPS) is 11.5. The molecule has 24 heavy (non-hydrogen) atoms. The molecule has 3 aromatic rings. The maximum Gasteiger partial charge on any atom is 0.215 e. The Hall–Kier alpha value is -2.93. The van der Waals surface area contributed by atoms with Crippen molar-refractivity contribution in [3.63, 3.8) is 0 Å². The van der Waals surface area contributed by atoms with Gasteiger partial charge in [0.05, 0.1) is 12.0 Å². The van der Waals surface area contributed by atoms with E-state index in [0.29, 0.717) is 4.88 Å². The molecule has 7 heteroatoms. The van der Waals surface area contributed by atoms with Crippen molar-refractivity contribution in [2.24, 2.45) is 0 Å². The van der Waals surface area contributed by atoms with Crippen LogP contribution in [0.3, 0.4) is 0 Å². The third-order valence-electron chi connectivity index (χ3n) is 3.35. The lowest BCUT2D eigenvalue weighted by atomic mass is 10.1. The van der Waals surface area contributed by atoms with Crippen molar-refractivity contribution in [3.8, 4) is 5.75 Å². The van der Waals surface area contributed by atoms with Crippen molar-refractivity contribution in [2.75, 3.05) is 7.11 Å². The molecule has 0 saturated heterocycles. The van der Waals surface area contributed by atoms with Gasteiger partial charge in [0.15, 0.2) is 11.5 Å². The van der Waals surface area contributed by atoms with E-state index in [4.69, 9.17) is 4.74 Å². The minimum absolute atomic E-state index is 0.0957. The summed E-state index contributed by atoms with van der Waals surface area (Å²) in [6.07, 6.45) is 3.20. The molecule has 0 radical (unpaired) electrons. The number of aromatic nitrogens is 3. The zero-order chi connectivity index (χ0) is 16.9. The van der Waals surface area contributed by atoms with Gasteiger partial charge in [-0.2, -0.15) is 5.10 Å². The smallest absolute Gasteiger partial charge is 0.215 e. The lowest BCUT2D eigenvalue weighted by Crippen LogP contribution is -1.94. The second-order valence-corrected chi connectivity index (χ2v) is 6.18. The van der Waals surface area contributed by atoms with E-state index in [1.165, 1.54) is 17.7 Å². The van der Waals surface area contributed by atoms with Crippen molar-refractivity contribution in [1.82, 2.24) is 15.2 Å². The number of carbonyl (C=O) groups is 1. The summed E-state index contributed by atoms with van der Waals surface area (Å²) in [6.45, 7) is 0. The topological polar surface area (TPSA) is 88.1 Å². The molecule has 0 spiro atoms. The number of nitrogens with one attached hydrogen (secondary N) is 1. The van der Waals surface area contributed by atoms with Crippen LogP contribution >= 0.6 is 11.3 Å². The van der Waals surface area contributed by atoms with Gasteiger partial charge in [-0.1, -0.05) is 12.1 Å². The van der Waals surface area contributed by atoms with Gasteiger partial charge in [0.25, 0.3) is 0 Å². The molecule has 2 aromatic heterocycles. The van der Waals surface area contributed by atoms with Gasteiger partial charge >= 0.3 is 0 Å². The SMILES string of the molecule is COc1ccc(Cc2ccc(C(=O)C=C(O)c3nc[nH]n3)s2)cc1. The average molecular weight is 341 g/mol. The number of hydrogen-bond acceptors (Lipinski definition) is 6. The van der Waals surface area contributed by atoms with E-state index in [0.717, 1.165) is 28.7 Å². The van der Waals surface area contributed by atoms with Crippen molar-refractivity contribution in [3.05, 3.63) is 69.9 Å². The molecular weight excluding hydrogens is 326 g/mol. The molecule has 0 atom stereocenters. The first-order valence-corrected chi connectivity index (χ1v) is 8.00. The molecule has 0 aliphatic rings. The number of H-pyrrole nitrogens is 1. The third-order valence-corrected chi connectivity index (χ3v) is 4.45. The number of nitrogens with zero attached hydrogens (tertiary/aromatic N) is 2. The van der Waals surface area contributed by atoms with Gasteiger partial charge in [-0.05, 0) is 29.8 Å². The molecule has 122 valence electrons. The number of aliphatic hydroxyl groups excluding tert-OH is 1. The first kappa shape index (κ1) is 15.9. The minimum Gasteiger partial charge on any atom is -0.504 e. The maximum absolute atomic E-state index is 12.2. The van der Waals surface area contributed by atoms with Gasteiger partial charge in [0, 0.05) is 17.4 Å². The highest BCUT2D eigenvalue weighted by molar-refractivity contribution is 7.14. The highest BCUT2D eigenvalue weighted by Gasteiger charge is 2.11. The molecule has 0 fully saturated rings. The molecule has 2 heterocycles. The average Bonchev–Trinajstić information content (AvgIpc) is 3.27. The van der Waals surface area contributed by atoms with E-state index in [9.17, 15) is 9.90 Å². The number of ether oxygens (including phenoxy) is 1. The number of allylic oxidation sites excluding steroid dienone is 1. The van der Waals surface area contributed by atoms with Crippen LogP contribution in [0.2, 0.25) is 0 Å². The number of rotatable bonds is 6. The third kappa shape index (κ3) is 3.69. The maximum atomic E-state index is 12.2. The number of aromatic amines is 1. The summed E-state index contributed by atoms with van der Waals surface area (Å²) in [5, 5.41) is 16.0. The zero-order valence-electron chi connectivity index (χ0n) is 12.9. The second kappa shape index (κ2) is 7.10. The molecule has 0 amide bonds. The van der Waals surface area contributed by atoms with E-state index in [1.54, 1.807) is 13.2 Å². The highest BCUT2D eigenvalue weighted by atomic mass is 32.1. The second-order valence-electron chi connectivity index (χ2n) is 5.01. The summed E-state index contributed by atoms with van der Waals surface area (Å²) < 4.78 is 5.14. The summed E-state index contributed by atoms with van der Waals surface area (Å²) in [4.78, 5) is 17.6. The van der Waals surface area contributed by atoms with Crippen LogP contribution in [0, 0.1) is 0 Å². The van der Waals surface area contributed by atoms with Crippen LogP contribution in [0.4, 0.5) is 0 Å². The molecule has 0 aliphatic carbocycles. The Morgan fingerprint density at radius 3 is 2.75 bits per heavy atom. The first-order valence-electron chi connectivity index (χ1n) is 7.18. The van der Waals surface area contributed by atoms with Gasteiger partial charge in [0.1, 0.15) is 12.1 Å². The number of ketones is 1. The molecule has 0 aliphatic heterocycles.